The molecule has 254 valence electrons. The highest BCUT2D eigenvalue weighted by Gasteiger charge is 2.19. The summed E-state index contributed by atoms with van der Waals surface area (Å²) in [5, 5.41) is 4.21. The van der Waals surface area contributed by atoms with Crippen molar-refractivity contribution in [2.75, 3.05) is 4.90 Å². The maximum atomic E-state index is 6.56. The monoisotopic (exact) mass is 692 g/mol. The molecule has 0 bridgehead atoms. The number of para-hydroxylation sites is 2. The number of benzene rings is 8. The summed E-state index contributed by atoms with van der Waals surface area (Å²) in [6, 6.07) is 66.8. The van der Waals surface area contributed by atoms with E-state index in [2.05, 4.69) is 144 Å². The highest BCUT2D eigenvalue weighted by atomic mass is 16.3. The molecule has 0 N–H and O–H groups in total. The van der Waals surface area contributed by atoms with Crippen LogP contribution in [0.4, 0.5) is 17.1 Å². The van der Waals surface area contributed by atoms with Gasteiger partial charge in [0, 0.05) is 44.5 Å². The fourth-order valence-corrected chi connectivity index (χ4v) is 7.35. The van der Waals surface area contributed by atoms with Crippen molar-refractivity contribution >= 4 is 49.8 Å². The van der Waals surface area contributed by atoms with Gasteiger partial charge in [0.05, 0.1) is 0 Å². The van der Waals surface area contributed by atoms with Gasteiger partial charge in [0.1, 0.15) is 11.2 Å². The molecule has 2 aromatic heterocycles. The van der Waals surface area contributed by atoms with E-state index in [1.807, 2.05) is 54.6 Å². The molecular weight excluding hydrogens is 661 g/mol. The molecule has 5 heteroatoms. The Kier molecular flexibility index (Phi) is 7.73. The standard InChI is InChI=1S/C49H32N4O/c1-4-15-35(16-5-1)47-50-48(41-23-12-17-34-14-10-11-22-40(34)41)52-49(51-47)43-24-13-25-44-46(43)42-31-28-36(32-45(42)54-44)33-26-29-39(30-27-33)53(37-18-6-2-7-19-37)38-20-8-3-9-21-38/h1-32H. The first kappa shape index (κ1) is 31.4. The Balaban J connectivity index is 1.07. The van der Waals surface area contributed by atoms with Crippen LogP contribution >= 0.6 is 0 Å². The summed E-state index contributed by atoms with van der Waals surface area (Å²) in [7, 11) is 0. The number of furan rings is 1. The Labute approximate surface area is 312 Å². The number of anilines is 3. The third kappa shape index (κ3) is 5.65. The summed E-state index contributed by atoms with van der Waals surface area (Å²) < 4.78 is 6.56. The second kappa shape index (κ2) is 13.3. The molecule has 5 nitrogen and oxygen atoms in total. The average molecular weight is 693 g/mol. The Bertz CT molecular complexity index is 2880. The van der Waals surface area contributed by atoms with E-state index in [0.717, 1.165) is 77.6 Å². The van der Waals surface area contributed by atoms with E-state index in [9.17, 15) is 0 Å². The van der Waals surface area contributed by atoms with E-state index in [1.165, 1.54) is 0 Å². The van der Waals surface area contributed by atoms with Crippen molar-refractivity contribution in [2.24, 2.45) is 0 Å². The number of hydrogen-bond acceptors (Lipinski definition) is 5. The van der Waals surface area contributed by atoms with Crippen LogP contribution in [0.3, 0.4) is 0 Å². The van der Waals surface area contributed by atoms with E-state index >= 15 is 0 Å². The molecule has 0 aliphatic rings. The third-order valence-electron chi connectivity index (χ3n) is 9.92. The predicted molar refractivity (Wildman–Crippen MR) is 221 cm³/mol. The fraction of sp³-hybridized carbons (Fsp3) is 0. The lowest BCUT2D eigenvalue weighted by Crippen LogP contribution is -2.09. The first-order chi connectivity index (χ1) is 26.8. The molecule has 0 fully saturated rings. The van der Waals surface area contributed by atoms with Crippen LogP contribution in [0.25, 0.3) is 78.0 Å². The minimum atomic E-state index is 0.598. The van der Waals surface area contributed by atoms with Gasteiger partial charge < -0.3 is 9.32 Å². The summed E-state index contributed by atoms with van der Waals surface area (Å²) in [5.41, 5.74) is 9.85. The quantitative estimate of drug-likeness (QED) is 0.166. The zero-order valence-corrected chi connectivity index (χ0v) is 29.2. The molecule has 0 atom stereocenters. The summed E-state index contributed by atoms with van der Waals surface area (Å²) in [5.74, 6) is 1.85. The molecule has 8 aromatic carbocycles. The number of fused-ring (bicyclic) bond motifs is 4. The second-order valence-electron chi connectivity index (χ2n) is 13.2. The molecule has 2 heterocycles. The van der Waals surface area contributed by atoms with Gasteiger partial charge in [-0.3, -0.25) is 0 Å². The summed E-state index contributed by atoms with van der Waals surface area (Å²) in [4.78, 5) is 17.5. The van der Waals surface area contributed by atoms with Crippen molar-refractivity contribution in [3.8, 4) is 45.3 Å². The minimum Gasteiger partial charge on any atom is -0.456 e. The van der Waals surface area contributed by atoms with Gasteiger partial charge in [-0.25, -0.2) is 15.0 Å². The number of rotatable bonds is 7. The summed E-state index contributed by atoms with van der Waals surface area (Å²) >= 11 is 0. The van der Waals surface area contributed by atoms with E-state index < -0.39 is 0 Å². The normalized spacial score (nSPS) is 11.3. The van der Waals surface area contributed by atoms with E-state index in [-0.39, 0.29) is 0 Å². The van der Waals surface area contributed by atoms with Crippen LogP contribution in [0.2, 0.25) is 0 Å². The lowest BCUT2D eigenvalue weighted by atomic mass is 10.0. The lowest BCUT2D eigenvalue weighted by molar-refractivity contribution is 0.669. The third-order valence-corrected chi connectivity index (χ3v) is 9.92. The van der Waals surface area contributed by atoms with Crippen LogP contribution in [0, 0.1) is 0 Å². The summed E-state index contributed by atoms with van der Waals surface area (Å²) in [6.07, 6.45) is 0. The topological polar surface area (TPSA) is 55.1 Å². The van der Waals surface area contributed by atoms with Crippen LogP contribution in [-0.4, -0.2) is 15.0 Å². The Morgan fingerprint density at radius 3 is 1.65 bits per heavy atom. The van der Waals surface area contributed by atoms with Gasteiger partial charge in [-0.2, -0.15) is 0 Å². The maximum absolute atomic E-state index is 6.56. The largest absolute Gasteiger partial charge is 0.456 e. The van der Waals surface area contributed by atoms with Crippen LogP contribution in [0.1, 0.15) is 0 Å². The molecule has 0 spiro atoms. The Morgan fingerprint density at radius 1 is 0.352 bits per heavy atom. The highest BCUT2D eigenvalue weighted by molar-refractivity contribution is 6.12. The predicted octanol–water partition coefficient (Wildman–Crippen LogP) is 13.1. The van der Waals surface area contributed by atoms with E-state index in [0.29, 0.717) is 17.5 Å². The van der Waals surface area contributed by atoms with Crippen molar-refractivity contribution in [3.63, 3.8) is 0 Å². The first-order valence-electron chi connectivity index (χ1n) is 18.0. The highest BCUT2D eigenvalue weighted by Crippen LogP contribution is 2.40. The summed E-state index contributed by atoms with van der Waals surface area (Å²) in [6.45, 7) is 0. The van der Waals surface area contributed by atoms with Gasteiger partial charge in [-0.05, 0) is 76.5 Å². The second-order valence-corrected chi connectivity index (χ2v) is 13.2. The van der Waals surface area contributed by atoms with Crippen molar-refractivity contribution < 1.29 is 4.42 Å². The minimum absolute atomic E-state index is 0.598. The Morgan fingerprint density at radius 2 is 0.907 bits per heavy atom. The van der Waals surface area contributed by atoms with Crippen molar-refractivity contribution in [1.29, 1.82) is 0 Å². The SMILES string of the molecule is c1ccc(-c2nc(-c3cccc4ccccc34)nc(-c3cccc4oc5cc(-c6ccc(N(c7ccccc7)c7ccccc7)cc6)ccc5c34)n2)cc1. The van der Waals surface area contributed by atoms with Crippen molar-refractivity contribution in [2.45, 2.75) is 0 Å². The van der Waals surface area contributed by atoms with Crippen LogP contribution in [0.5, 0.6) is 0 Å². The van der Waals surface area contributed by atoms with Gasteiger partial charge in [0.2, 0.25) is 0 Å². The van der Waals surface area contributed by atoms with Gasteiger partial charge >= 0.3 is 0 Å². The molecule has 0 amide bonds. The van der Waals surface area contributed by atoms with Gasteiger partial charge in [0.15, 0.2) is 17.5 Å². The molecule has 10 aromatic rings. The maximum Gasteiger partial charge on any atom is 0.164 e. The molecule has 0 radical (unpaired) electrons. The molecule has 0 unspecified atom stereocenters. The number of aromatic nitrogens is 3. The first-order valence-corrected chi connectivity index (χ1v) is 18.0. The molecule has 0 aliphatic heterocycles. The number of nitrogens with zero attached hydrogens (tertiary/aromatic N) is 4. The van der Waals surface area contributed by atoms with Gasteiger partial charge in [0.25, 0.3) is 0 Å². The fourth-order valence-electron chi connectivity index (χ4n) is 7.35. The van der Waals surface area contributed by atoms with Gasteiger partial charge in [-0.1, -0.05) is 140 Å². The van der Waals surface area contributed by atoms with E-state index in [4.69, 9.17) is 19.4 Å². The molecule has 0 aliphatic carbocycles. The Hall–Kier alpha value is -7.37. The van der Waals surface area contributed by atoms with Crippen molar-refractivity contribution in [1.82, 2.24) is 15.0 Å². The smallest absolute Gasteiger partial charge is 0.164 e. The van der Waals surface area contributed by atoms with Crippen LogP contribution < -0.4 is 4.90 Å². The molecule has 54 heavy (non-hydrogen) atoms. The zero-order valence-electron chi connectivity index (χ0n) is 29.2. The van der Waals surface area contributed by atoms with Crippen LogP contribution in [0.15, 0.2) is 199 Å². The van der Waals surface area contributed by atoms with Gasteiger partial charge in [-0.15, -0.1) is 0 Å². The zero-order chi connectivity index (χ0) is 35.8. The van der Waals surface area contributed by atoms with Crippen molar-refractivity contribution in [3.05, 3.63) is 194 Å². The van der Waals surface area contributed by atoms with E-state index in [1.54, 1.807) is 0 Å². The molecule has 0 saturated carbocycles. The molecular formula is C49H32N4O. The molecule has 0 saturated heterocycles. The lowest BCUT2D eigenvalue weighted by Gasteiger charge is -2.25. The number of hydrogen-bond donors (Lipinski definition) is 0. The molecule has 10 rings (SSSR count). The average Bonchev–Trinajstić information content (AvgIpc) is 3.63. The van der Waals surface area contributed by atoms with Crippen LogP contribution in [-0.2, 0) is 0 Å².